The summed E-state index contributed by atoms with van der Waals surface area (Å²) in [6.45, 7) is 3.58. The normalized spacial score (nSPS) is 12.3. The molecule has 0 unspecified atom stereocenters. The number of aliphatic hydroxyl groups is 1. The van der Waals surface area contributed by atoms with Crippen LogP contribution in [-0.2, 0) is 0 Å². The Morgan fingerprint density at radius 1 is 1.60 bits per heavy atom. The summed E-state index contributed by atoms with van der Waals surface area (Å²) in [4.78, 5) is 11.7. The maximum absolute atomic E-state index is 11.7. The van der Waals surface area contributed by atoms with Crippen LogP contribution in [0, 0.1) is 6.92 Å². The summed E-state index contributed by atoms with van der Waals surface area (Å²) in [5, 5.41) is 11.5. The second-order valence-corrected chi connectivity index (χ2v) is 4.43. The number of aryl methyl sites for hydroxylation is 1. The summed E-state index contributed by atoms with van der Waals surface area (Å²) in [6.07, 6.45) is 0. The molecule has 1 aromatic rings. The SMILES string of the molecule is Cc1ccc(Br)cc1C(=O)N[C@@H](C)CO. The van der Waals surface area contributed by atoms with E-state index in [0.29, 0.717) is 5.56 Å². The first-order valence-corrected chi connectivity index (χ1v) is 5.51. The van der Waals surface area contributed by atoms with Gasteiger partial charge in [0.05, 0.1) is 6.61 Å². The zero-order valence-corrected chi connectivity index (χ0v) is 10.3. The topological polar surface area (TPSA) is 49.3 Å². The summed E-state index contributed by atoms with van der Waals surface area (Å²) < 4.78 is 0.870. The zero-order chi connectivity index (χ0) is 11.4. The van der Waals surface area contributed by atoms with Gasteiger partial charge in [-0.25, -0.2) is 0 Å². The summed E-state index contributed by atoms with van der Waals surface area (Å²) in [5.41, 5.74) is 1.55. The van der Waals surface area contributed by atoms with Gasteiger partial charge in [0.2, 0.25) is 0 Å². The molecule has 0 saturated heterocycles. The number of aliphatic hydroxyl groups excluding tert-OH is 1. The Bertz CT molecular complexity index is 366. The highest BCUT2D eigenvalue weighted by molar-refractivity contribution is 9.10. The maximum Gasteiger partial charge on any atom is 0.251 e. The Hall–Kier alpha value is -0.870. The van der Waals surface area contributed by atoms with Gasteiger partial charge in [-0.2, -0.15) is 0 Å². The lowest BCUT2D eigenvalue weighted by molar-refractivity contribution is 0.0921. The van der Waals surface area contributed by atoms with Crippen molar-refractivity contribution in [3.05, 3.63) is 33.8 Å². The molecule has 82 valence electrons. The van der Waals surface area contributed by atoms with Gasteiger partial charge in [0, 0.05) is 16.1 Å². The molecule has 0 saturated carbocycles. The van der Waals surface area contributed by atoms with E-state index in [4.69, 9.17) is 5.11 Å². The van der Waals surface area contributed by atoms with Crippen molar-refractivity contribution in [1.29, 1.82) is 0 Å². The average molecular weight is 272 g/mol. The standard InChI is InChI=1S/C11H14BrNO2/c1-7-3-4-9(12)5-10(7)11(15)13-8(2)6-14/h3-5,8,14H,6H2,1-2H3,(H,13,15)/t8-/m0/s1. The van der Waals surface area contributed by atoms with Crippen molar-refractivity contribution in [2.75, 3.05) is 6.61 Å². The average Bonchev–Trinajstić information content (AvgIpc) is 2.21. The molecule has 1 rings (SSSR count). The molecule has 1 aromatic carbocycles. The molecule has 15 heavy (non-hydrogen) atoms. The van der Waals surface area contributed by atoms with E-state index in [9.17, 15) is 4.79 Å². The smallest absolute Gasteiger partial charge is 0.251 e. The van der Waals surface area contributed by atoms with E-state index < -0.39 is 0 Å². The highest BCUT2D eigenvalue weighted by Gasteiger charge is 2.11. The molecule has 4 heteroatoms. The molecule has 0 aliphatic heterocycles. The lowest BCUT2D eigenvalue weighted by Gasteiger charge is -2.12. The van der Waals surface area contributed by atoms with Gasteiger partial charge in [-0.1, -0.05) is 22.0 Å². The molecule has 0 spiro atoms. The Morgan fingerprint density at radius 2 is 2.27 bits per heavy atom. The molecule has 0 heterocycles. The molecule has 1 amide bonds. The van der Waals surface area contributed by atoms with E-state index >= 15 is 0 Å². The molecular formula is C11H14BrNO2. The largest absolute Gasteiger partial charge is 0.394 e. The predicted octanol–water partition coefficient (Wildman–Crippen LogP) is 1.87. The fourth-order valence-corrected chi connectivity index (χ4v) is 1.55. The Balaban J connectivity index is 2.86. The van der Waals surface area contributed by atoms with Crippen LogP contribution in [0.3, 0.4) is 0 Å². The maximum atomic E-state index is 11.7. The summed E-state index contributed by atoms with van der Waals surface area (Å²) in [7, 11) is 0. The third kappa shape index (κ3) is 3.32. The number of hydrogen-bond acceptors (Lipinski definition) is 2. The lowest BCUT2D eigenvalue weighted by atomic mass is 10.1. The zero-order valence-electron chi connectivity index (χ0n) is 8.75. The van der Waals surface area contributed by atoms with Gasteiger partial charge in [-0.15, -0.1) is 0 Å². The van der Waals surface area contributed by atoms with Gasteiger partial charge in [-0.3, -0.25) is 4.79 Å². The number of amides is 1. The van der Waals surface area contributed by atoms with Crippen LogP contribution in [0.25, 0.3) is 0 Å². The van der Waals surface area contributed by atoms with Crippen molar-refractivity contribution >= 4 is 21.8 Å². The van der Waals surface area contributed by atoms with Gasteiger partial charge in [0.1, 0.15) is 0 Å². The van der Waals surface area contributed by atoms with Crippen LogP contribution >= 0.6 is 15.9 Å². The first-order chi connectivity index (χ1) is 7.04. The third-order valence-electron chi connectivity index (χ3n) is 2.10. The van der Waals surface area contributed by atoms with Gasteiger partial charge >= 0.3 is 0 Å². The van der Waals surface area contributed by atoms with Gasteiger partial charge < -0.3 is 10.4 Å². The molecule has 0 radical (unpaired) electrons. The highest BCUT2D eigenvalue weighted by atomic mass is 79.9. The van der Waals surface area contributed by atoms with E-state index in [1.165, 1.54) is 0 Å². The number of benzene rings is 1. The second kappa shape index (κ2) is 5.28. The lowest BCUT2D eigenvalue weighted by Crippen LogP contribution is -2.35. The number of halogens is 1. The molecular weight excluding hydrogens is 258 g/mol. The van der Waals surface area contributed by atoms with Crippen LogP contribution in [0.1, 0.15) is 22.8 Å². The summed E-state index contributed by atoms with van der Waals surface area (Å²) in [6, 6.07) is 5.31. The van der Waals surface area contributed by atoms with Gasteiger partial charge in [-0.05, 0) is 31.5 Å². The minimum atomic E-state index is -0.226. The van der Waals surface area contributed by atoms with Crippen LogP contribution < -0.4 is 5.32 Å². The van der Waals surface area contributed by atoms with Crippen molar-refractivity contribution in [1.82, 2.24) is 5.32 Å². The number of rotatable bonds is 3. The van der Waals surface area contributed by atoms with Gasteiger partial charge in [0.25, 0.3) is 5.91 Å². The van der Waals surface area contributed by atoms with Crippen LogP contribution in [0.4, 0.5) is 0 Å². The Labute approximate surface area is 97.6 Å². The summed E-state index contributed by atoms with van der Waals surface area (Å²) in [5.74, 6) is -0.157. The highest BCUT2D eigenvalue weighted by Crippen LogP contribution is 2.15. The third-order valence-corrected chi connectivity index (χ3v) is 2.59. The molecule has 0 fully saturated rings. The van der Waals surface area contributed by atoms with E-state index in [1.54, 1.807) is 13.0 Å². The number of carbonyl (C=O) groups is 1. The minimum Gasteiger partial charge on any atom is -0.394 e. The number of carbonyl (C=O) groups excluding carboxylic acids is 1. The predicted molar refractivity (Wildman–Crippen MR) is 62.9 cm³/mol. The van der Waals surface area contributed by atoms with Crippen LogP contribution in [0.15, 0.2) is 22.7 Å². The monoisotopic (exact) mass is 271 g/mol. The van der Waals surface area contributed by atoms with E-state index in [0.717, 1.165) is 10.0 Å². The van der Waals surface area contributed by atoms with Crippen molar-refractivity contribution < 1.29 is 9.90 Å². The minimum absolute atomic E-state index is 0.0568. The number of nitrogens with one attached hydrogen (secondary N) is 1. The van der Waals surface area contributed by atoms with Crippen LogP contribution in [0.2, 0.25) is 0 Å². The Morgan fingerprint density at radius 3 is 2.87 bits per heavy atom. The second-order valence-electron chi connectivity index (χ2n) is 3.52. The molecule has 0 aromatic heterocycles. The summed E-state index contributed by atoms with van der Waals surface area (Å²) >= 11 is 3.32. The van der Waals surface area contributed by atoms with Crippen LogP contribution in [-0.4, -0.2) is 23.7 Å². The number of hydrogen-bond donors (Lipinski definition) is 2. The van der Waals surface area contributed by atoms with E-state index in [1.807, 2.05) is 19.1 Å². The quantitative estimate of drug-likeness (QED) is 0.882. The molecule has 0 bridgehead atoms. The fraction of sp³-hybridized carbons (Fsp3) is 0.364. The first kappa shape index (κ1) is 12.2. The molecule has 1 atom stereocenters. The molecule has 0 aliphatic rings. The Kier molecular flexibility index (Phi) is 4.29. The van der Waals surface area contributed by atoms with Crippen molar-refractivity contribution in [2.45, 2.75) is 19.9 Å². The van der Waals surface area contributed by atoms with Crippen LogP contribution in [0.5, 0.6) is 0 Å². The van der Waals surface area contributed by atoms with Gasteiger partial charge in [0.15, 0.2) is 0 Å². The van der Waals surface area contributed by atoms with Crippen molar-refractivity contribution in [2.24, 2.45) is 0 Å². The van der Waals surface area contributed by atoms with E-state index in [2.05, 4.69) is 21.2 Å². The van der Waals surface area contributed by atoms with E-state index in [-0.39, 0.29) is 18.6 Å². The molecule has 0 aliphatic carbocycles. The molecule has 3 nitrogen and oxygen atoms in total. The first-order valence-electron chi connectivity index (χ1n) is 4.72. The van der Waals surface area contributed by atoms with Crippen molar-refractivity contribution in [3.63, 3.8) is 0 Å². The van der Waals surface area contributed by atoms with Crippen molar-refractivity contribution in [3.8, 4) is 0 Å². The molecule has 2 N–H and O–H groups in total. The fourth-order valence-electron chi connectivity index (χ4n) is 1.19.